The van der Waals surface area contributed by atoms with Gasteiger partial charge in [0.15, 0.2) is 0 Å². The van der Waals surface area contributed by atoms with Gasteiger partial charge in [0.1, 0.15) is 0 Å². The third-order valence-electron chi connectivity index (χ3n) is 2.30. The van der Waals surface area contributed by atoms with Gasteiger partial charge in [0.2, 0.25) is 5.88 Å². The predicted octanol–water partition coefficient (Wildman–Crippen LogP) is 0.880. The van der Waals surface area contributed by atoms with Crippen LogP contribution in [0.5, 0.6) is 0 Å². The summed E-state index contributed by atoms with van der Waals surface area (Å²) >= 11 is 0. The molecule has 1 saturated heterocycles. The van der Waals surface area contributed by atoms with Gasteiger partial charge in [-0.05, 0) is 18.4 Å². The van der Waals surface area contributed by atoms with Crippen molar-refractivity contribution < 1.29 is 14.3 Å². The number of amides is 1. The van der Waals surface area contributed by atoms with Crippen LogP contribution in [0.3, 0.4) is 0 Å². The Bertz CT molecular complexity index is 315. The Labute approximate surface area is 89.3 Å². The monoisotopic (exact) mass is 212 g/mol. The fourth-order valence-corrected chi connectivity index (χ4v) is 1.49. The van der Waals surface area contributed by atoms with E-state index in [9.17, 15) is 9.59 Å². The third kappa shape index (κ3) is 2.02. The SMILES string of the molecule is CCC(CC)=C1OC(=O)C(=O)N1N(C)C. The molecule has 0 N–H and O–H groups in total. The number of rotatable bonds is 3. The van der Waals surface area contributed by atoms with E-state index in [4.69, 9.17) is 4.74 Å². The number of nitrogens with zero attached hydrogens (tertiary/aromatic N) is 2. The Kier molecular flexibility index (Phi) is 3.47. The van der Waals surface area contributed by atoms with Crippen molar-refractivity contribution in [3.8, 4) is 0 Å². The summed E-state index contributed by atoms with van der Waals surface area (Å²) in [6, 6.07) is 0. The maximum absolute atomic E-state index is 11.5. The Hall–Kier alpha value is -1.36. The van der Waals surface area contributed by atoms with Gasteiger partial charge >= 0.3 is 11.9 Å². The third-order valence-corrected chi connectivity index (χ3v) is 2.30. The van der Waals surface area contributed by atoms with Crippen LogP contribution in [0, 0.1) is 0 Å². The van der Waals surface area contributed by atoms with Gasteiger partial charge in [0.25, 0.3) is 0 Å². The normalized spacial score (nSPS) is 16.3. The summed E-state index contributed by atoms with van der Waals surface area (Å²) in [5.41, 5.74) is 0.961. The molecule has 1 rings (SSSR count). The lowest BCUT2D eigenvalue weighted by atomic mass is 10.1. The molecule has 0 atom stereocenters. The summed E-state index contributed by atoms with van der Waals surface area (Å²) in [4.78, 5) is 22.6. The molecule has 5 nitrogen and oxygen atoms in total. The molecule has 1 amide bonds. The molecule has 0 aromatic rings. The molecule has 0 aromatic heterocycles. The van der Waals surface area contributed by atoms with Gasteiger partial charge in [-0.1, -0.05) is 13.8 Å². The molecule has 1 fully saturated rings. The van der Waals surface area contributed by atoms with E-state index in [0.717, 1.165) is 18.4 Å². The first kappa shape index (κ1) is 11.7. The minimum atomic E-state index is -0.807. The number of ether oxygens (including phenoxy) is 1. The standard InChI is InChI=1S/C10H16N2O3/c1-5-7(6-2)9-12(11(3)4)8(13)10(14)15-9/h5-6H2,1-4H3. The maximum atomic E-state index is 11.5. The number of hydrogen-bond acceptors (Lipinski definition) is 4. The van der Waals surface area contributed by atoms with Gasteiger partial charge in [-0.2, -0.15) is 0 Å². The van der Waals surface area contributed by atoms with E-state index in [1.54, 1.807) is 19.1 Å². The van der Waals surface area contributed by atoms with Crippen LogP contribution in [0.2, 0.25) is 0 Å². The zero-order chi connectivity index (χ0) is 11.6. The van der Waals surface area contributed by atoms with E-state index in [-0.39, 0.29) is 0 Å². The quantitative estimate of drug-likeness (QED) is 0.514. The summed E-state index contributed by atoms with van der Waals surface area (Å²) in [5.74, 6) is -1.06. The number of carbonyl (C=O) groups is 2. The van der Waals surface area contributed by atoms with E-state index >= 15 is 0 Å². The lowest BCUT2D eigenvalue weighted by Gasteiger charge is -2.23. The van der Waals surface area contributed by atoms with Gasteiger partial charge in [0.05, 0.1) is 0 Å². The van der Waals surface area contributed by atoms with Crippen LogP contribution in [-0.4, -0.2) is 36.0 Å². The summed E-state index contributed by atoms with van der Waals surface area (Å²) in [6.45, 7) is 3.94. The summed E-state index contributed by atoms with van der Waals surface area (Å²) in [7, 11) is 3.39. The van der Waals surface area contributed by atoms with Crippen LogP contribution < -0.4 is 0 Å². The molecule has 0 aliphatic carbocycles. The highest BCUT2D eigenvalue weighted by molar-refractivity contribution is 6.34. The Balaban J connectivity index is 3.13. The average molecular weight is 212 g/mol. The van der Waals surface area contributed by atoms with Gasteiger partial charge in [-0.25, -0.2) is 14.8 Å². The minimum Gasteiger partial charge on any atom is -0.401 e. The average Bonchev–Trinajstić information content (AvgIpc) is 2.45. The molecule has 1 heterocycles. The van der Waals surface area contributed by atoms with Crippen molar-refractivity contribution in [1.29, 1.82) is 0 Å². The molecule has 0 unspecified atom stereocenters. The molecule has 15 heavy (non-hydrogen) atoms. The van der Waals surface area contributed by atoms with Crippen LogP contribution in [0.1, 0.15) is 26.7 Å². The smallest absolute Gasteiger partial charge is 0.401 e. The largest absolute Gasteiger partial charge is 0.405 e. The van der Waals surface area contributed by atoms with Crippen LogP contribution in [0.4, 0.5) is 0 Å². The zero-order valence-electron chi connectivity index (χ0n) is 9.53. The maximum Gasteiger partial charge on any atom is 0.405 e. The number of hydrogen-bond donors (Lipinski definition) is 0. The van der Waals surface area contributed by atoms with Crippen molar-refractivity contribution in [1.82, 2.24) is 10.0 Å². The molecule has 0 spiro atoms. The fraction of sp³-hybridized carbons (Fsp3) is 0.600. The molecule has 5 heteroatoms. The first-order chi connectivity index (χ1) is 7.02. The first-order valence-electron chi connectivity index (χ1n) is 4.98. The molecule has 1 aliphatic heterocycles. The molecule has 0 aromatic carbocycles. The lowest BCUT2D eigenvalue weighted by Crippen LogP contribution is -2.38. The van der Waals surface area contributed by atoms with E-state index in [1.165, 1.54) is 5.01 Å². The first-order valence-corrected chi connectivity index (χ1v) is 4.98. The molecule has 0 bridgehead atoms. The Morgan fingerprint density at radius 2 is 1.80 bits per heavy atom. The zero-order valence-corrected chi connectivity index (χ0v) is 9.53. The molecule has 0 radical (unpaired) electrons. The molecule has 1 aliphatic rings. The summed E-state index contributed by atoms with van der Waals surface area (Å²) < 4.78 is 4.97. The highest BCUT2D eigenvalue weighted by Crippen LogP contribution is 2.24. The second-order valence-corrected chi connectivity index (χ2v) is 3.47. The van der Waals surface area contributed by atoms with E-state index in [0.29, 0.717) is 5.88 Å². The molecule has 0 saturated carbocycles. The van der Waals surface area contributed by atoms with Crippen molar-refractivity contribution in [3.05, 3.63) is 11.5 Å². The predicted molar refractivity (Wildman–Crippen MR) is 54.2 cm³/mol. The van der Waals surface area contributed by atoms with E-state index in [1.807, 2.05) is 13.8 Å². The Morgan fingerprint density at radius 1 is 1.27 bits per heavy atom. The fourth-order valence-electron chi connectivity index (χ4n) is 1.49. The topological polar surface area (TPSA) is 49.9 Å². The highest BCUT2D eigenvalue weighted by Gasteiger charge is 2.39. The van der Waals surface area contributed by atoms with Crippen molar-refractivity contribution in [2.75, 3.05) is 14.1 Å². The summed E-state index contributed by atoms with van der Waals surface area (Å²) in [5, 5.41) is 2.82. The van der Waals surface area contributed by atoms with Crippen molar-refractivity contribution >= 4 is 11.9 Å². The van der Waals surface area contributed by atoms with Gasteiger partial charge in [-0.3, -0.25) is 4.79 Å². The molecule has 84 valence electrons. The van der Waals surface area contributed by atoms with Gasteiger partial charge in [-0.15, -0.1) is 0 Å². The van der Waals surface area contributed by atoms with Crippen LogP contribution in [0.25, 0.3) is 0 Å². The van der Waals surface area contributed by atoms with Crippen molar-refractivity contribution in [2.45, 2.75) is 26.7 Å². The minimum absolute atomic E-state index is 0.375. The Morgan fingerprint density at radius 3 is 2.20 bits per heavy atom. The second-order valence-electron chi connectivity index (χ2n) is 3.47. The van der Waals surface area contributed by atoms with Crippen LogP contribution >= 0.6 is 0 Å². The van der Waals surface area contributed by atoms with E-state index in [2.05, 4.69) is 0 Å². The van der Waals surface area contributed by atoms with Crippen LogP contribution in [-0.2, 0) is 14.3 Å². The van der Waals surface area contributed by atoms with Crippen molar-refractivity contribution in [2.24, 2.45) is 0 Å². The van der Waals surface area contributed by atoms with E-state index < -0.39 is 11.9 Å². The second kappa shape index (κ2) is 4.44. The number of esters is 1. The number of cyclic esters (lactones) is 1. The number of carbonyl (C=O) groups excluding carboxylic acids is 2. The van der Waals surface area contributed by atoms with Gasteiger partial charge in [0, 0.05) is 14.1 Å². The number of hydrazine groups is 1. The van der Waals surface area contributed by atoms with Crippen molar-refractivity contribution in [3.63, 3.8) is 0 Å². The molecular formula is C10H16N2O3. The van der Waals surface area contributed by atoms with Gasteiger partial charge < -0.3 is 4.74 Å². The number of allylic oxidation sites excluding steroid dienone is 1. The summed E-state index contributed by atoms with van der Waals surface area (Å²) in [6.07, 6.45) is 1.52. The molecular weight excluding hydrogens is 196 g/mol. The highest BCUT2D eigenvalue weighted by atomic mass is 16.6. The van der Waals surface area contributed by atoms with Crippen LogP contribution in [0.15, 0.2) is 11.5 Å². The lowest BCUT2D eigenvalue weighted by molar-refractivity contribution is -0.150.